The summed E-state index contributed by atoms with van der Waals surface area (Å²) in [5.74, 6) is 0. The molecule has 0 N–H and O–H groups in total. The third-order valence-electron chi connectivity index (χ3n) is 3.12. The molecule has 0 fully saturated rings. The van der Waals surface area contributed by atoms with E-state index in [4.69, 9.17) is 0 Å². The largest absolute Gasteiger partial charge is 0.372 e. The van der Waals surface area contributed by atoms with E-state index in [1.807, 2.05) is 24.4 Å². The zero-order chi connectivity index (χ0) is 11.2. The Morgan fingerprint density at radius 2 is 1.89 bits per heavy atom. The number of aromatic nitrogens is 2. The number of pyridine rings is 2. The maximum Gasteiger partial charge on any atom is 0.0198 e. The molecule has 3 heterocycles. The molecular formula is C15H9N2Pt-. The van der Waals surface area contributed by atoms with Crippen LogP contribution in [0.5, 0.6) is 0 Å². The van der Waals surface area contributed by atoms with E-state index in [1.54, 1.807) is 0 Å². The Bertz CT molecular complexity index is 849. The van der Waals surface area contributed by atoms with Crippen LogP contribution in [-0.4, -0.2) is 9.38 Å². The Hall–Kier alpha value is -1.66. The van der Waals surface area contributed by atoms with Crippen molar-refractivity contribution < 1.29 is 21.1 Å². The van der Waals surface area contributed by atoms with Crippen molar-refractivity contribution in [3.8, 4) is 0 Å². The molecule has 0 atom stereocenters. The summed E-state index contributed by atoms with van der Waals surface area (Å²) in [6.45, 7) is 0. The predicted molar refractivity (Wildman–Crippen MR) is 69.0 cm³/mol. The quantitative estimate of drug-likeness (QED) is 0.405. The third-order valence-corrected chi connectivity index (χ3v) is 3.12. The summed E-state index contributed by atoms with van der Waals surface area (Å²) in [7, 11) is 0. The molecule has 3 heteroatoms. The van der Waals surface area contributed by atoms with Crippen LogP contribution in [0.15, 0.2) is 54.9 Å². The summed E-state index contributed by atoms with van der Waals surface area (Å²) >= 11 is 0. The van der Waals surface area contributed by atoms with Gasteiger partial charge < -0.3 is 9.38 Å². The zero-order valence-electron chi connectivity index (χ0n) is 9.41. The van der Waals surface area contributed by atoms with E-state index in [1.165, 1.54) is 5.52 Å². The summed E-state index contributed by atoms with van der Waals surface area (Å²) in [5, 5.41) is 2.28. The summed E-state index contributed by atoms with van der Waals surface area (Å²) in [4.78, 5) is 4.45. The van der Waals surface area contributed by atoms with Crippen molar-refractivity contribution in [3.05, 3.63) is 60.9 Å². The van der Waals surface area contributed by atoms with E-state index in [-0.39, 0.29) is 21.1 Å². The van der Waals surface area contributed by atoms with Gasteiger partial charge >= 0.3 is 0 Å². The van der Waals surface area contributed by atoms with Crippen molar-refractivity contribution >= 4 is 27.3 Å². The van der Waals surface area contributed by atoms with Gasteiger partial charge in [0.15, 0.2) is 0 Å². The van der Waals surface area contributed by atoms with Crippen LogP contribution >= 0.6 is 0 Å². The first-order chi connectivity index (χ1) is 8.43. The van der Waals surface area contributed by atoms with E-state index in [0.29, 0.717) is 0 Å². The van der Waals surface area contributed by atoms with Crippen LogP contribution in [-0.2, 0) is 21.1 Å². The SMILES string of the molecule is [Pt].[c-]1c2ccccc2n2ccc3cccnc3c12. The molecule has 0 saturated carbocycles. The molecular weight excluding hydrogens is 403 g/mol. The number of rotatable bonds is 0. The van der Waals surface area contributed by atoms with Gasteiger partial charge in [0.05, 0.1) is 0 Å². The fourth-order valence-corrected chi connectivity index (χ4v) is 2.33. The van der Waals surface area contributed by atoms with Gasteiger partial charge in [-0.3, -0.25) is 0 Å². The normalized spacial score (nSPS) is 10.9. The standard InChI is InChI=1S/C15H9N2.Pt/c1-2-6-13-12(4-1)10-14-15-11(5-3-8-16-15)7-9-17(13)14;/h1-9H;/q-1;. The second-order valence-electron chi connectivity index (χ2n) is 4.12. The van der Waals surface area contributed by atoms with Crippen molar-refractivity contribution in [2.75, 3.05) is 0 Å². The van der Waals surface area contributed by atoms with E-state index in [9.17, 15) is 0 Å². The van der Waals surface area contributed by atoms with Crippen LogP contribution < -0.4 is 0 Å². The van der Waals surface area contributed by atoms with Crippen LogP contribution in [0.25, 0.3) is 27.3 Å². The molecule has 0 aliphatic carbocycles. The molecule has 1 aromatic carbocycles. The molecule has 3 aromatic heterocycles. The monoisotopic (exact) mass is 412 g/mol. The molecule has 0 bridgehead atoms. The summed E-state index contributed by atoms with van der Waals surface area (Å²) < 4.78 is 2.14. The van der Waals surface area contributed by atoms with Crippen molar-refractivity contribution in [2.45, 2.75) is 0 Å². The van der Waals surface area contributed by atoms with E-state index >= 15 is 0 Å². The van der Waals surface area contributed by atoms with Crippen LogP contribution in [0, 0.1) is 6.07 Å². The maximum atomic E-state index is 4.45. The fraction of sp³-hybridized carbons (Fsp3) is 0. The Balaban J connectivity index is 0.000001000. The smallest absolute Gasteiger partial charge is 0.0198 e. The summed E-state index contributed by atoms with van der Waals surface area (Å²) in [6.07, 6.45) is 3.91. The first-order valence-corrected chi connectivity index (χ1v) is 5.59. The van der Waals surface area contributed by atoms with Gasteiger partial charge in [0.1, 0.15) is 0 Å². The molecule has 18 heavy (non-hydrogen) atoms. The number of para-hydroxylation sites is 1. The molecule has 4 aromatic rings. The maximum absolute atomic E-state index is 4.45. The topological polar surface area (TPSA) is 17.3 Å². The van der Waals surface area contributed by atoms with Gasteiger partial charge in [0, 0.05) is 32.8 Å². The molecule has 0 spiro atoms. The predicted octanol–water partition coefficient (Wildman–Crippen LogP) is 3.44. The second-order valence-corrected chi connectivity index (χ2v) is 4.12. The molecule has 2 nitrogen and oxygen atoms in total. The Labute approximate surface area is 119 Å². The average molecular weight is 412 g/mol. The molecule has 0 aliphatic heterocycles. The molecule has 4 rings (SSSR count). The molecule has 0 unspecified atom stereocenters. The summed E-state index contributed by atoms with van der Waals surface area (Å²) in [5.41, 5.74) is 3.23. The number of hydrogen-bond acceptors (Lipinski definition) is 1. The van der Waals surface area contributed by atoms with Crippen LogP contribution in [0.4, 0.5) is 0 Å². The van der Waals surface area contributed by atoms with Crippen LogP contribution in [0.1, 0.15) is 0 Å². The first kappa shape index (κ1) is 11.4. The number of hydrogen-bond donors (Lipinski definition) is 0. The number of benzene rings is 1. The minimum atomic E-state index is 0. The number of nitrogens with zero attached hydrogens (tertiary/aromatic N) is 2. The second kappa shape index (κ2) is 4.22. The van der Waals surface area contributed by atoms with Gasteiger partial charge in [-0.25, -0.2) is 0 Å². The minimum absolute atomic E-state index is 0. The fourth-order valence-electron chi connectivity index (χ4n) is 2.33. The van der Waals surface area contributed by atoms with Crippen LogP contribution in [0.3, 0.4) is 0 Å². The van der Waals surface area contributed by atoms with Crippen molar-refractivity contribution in [3.63, 3.8) is 0 Å². The Kier molecular flexibility index (Phi) is 2.68. The molecule has 0 aliphatic rings. The molecule has 0 amide bonds. The zero-order valence-corrected chi connectivity index (χ0v) is 11.7. The number of fused-ring (bicyclic) bond motifs is 5. The summed E-state index contributed by atoms with van der Waals surface area (Å²) in [6, 6.07) is 17.8. The Morgan fingerprint density at radius 3 is 2.83 bits per heavy atom. The van der Waals surface area contributed by atoms with Gasteiger partial charge in [0.25, 0.3) is 0 Å². The first-order valence-electron chi connectivity index (χ1n) is 5.59. The van der Waals surface area contributed by atoms with Gasteiger partial charge in [-0.1, -0.05) is 18.2 Å². The van der Waals surface area contributed by atoms with E-state index in [2.05, 4.69) is 45.9 Å². The van der Waals surface area contributed by atoms with E-state index in [0.717, 1.165) is 21.8 Å². The minimum Gasteiger partial charge on any atom is -0.372 e. The Morgan fingerprint density at radius 1 is 1.00 bits per heavy atom. The van der Waals surface area contributed by atoms with Crippen molar-refractivity contribution in [1.29, 1.82) is 0 Å². The van der Waals surface area contributed by atoms with Gasteiger partial charge in [-0.2, -0.15) is 0 Å². The van der Waals surface area contributed by atoms with Gasteiger partial charge in [-0.15, -0.1) is 23.6 Å². The average Bonchev–Trinajstić information content (AvgIpc) is 2.78. The molecule has 0 radical (unpaired) electrons. The molecule has 90 valence electrons. The third kappa shape index (κ3) is 1.49. The molecule has 0 saturated heterocycles. The van der Waals surface area contributed by atoms with Gasteiger partial charge in [0.2, 0.25) is 0 Å². The van der Waals surface area contributed by atoms with E-state index < -0.39 is 0 Å². The van der Waals surface area contributed by atoms with Crippen molar-refractivity contribution in [1.82, 2.24) is 9.38 Å². The van der Waals surface area contributed by atoms with Gasteiger partial charge in [-0.05, 0) is 34.7 Å². The van der Waals surface area contributed by atoms with Crippen molar-refractivity contribution in [2.24, 2.45) is 0 Å². The van der Waals surface area contributed by atoms with Crippen LogP contribution in [0.2, 0.25) is 0 Å².